The van der Waals surface area contributed by atoms with Gasteiger partial charge < -0.3 is 14.5 Å². The lowest BCUT2D eigenvalue weighted by atomic mass is 9.65. The molecular weight excluding hydrogens is 286 g/mol. The number of carbonyl (C=O) groups excluding carboxylic acids is 2. The van der Waals surface area contributed by atoms with Gasteiger partial charge in [0, 0.05) is 6.61 Å². The molecule has 1 aliphatic heterocycles. The fourth-order valence-electron chi connectivity index (χ4n) is 2.81. The topological polar surface area (TPSA) is 64.6 Å². The lowest BCUT2D eigenvalue weighted by Gasteiger charge is -2.48. The second-order valence-electron chi connectivity index (χ2n) is 7.23. The molecule has 0 aromatic heterocycles. The van der Waals surface area contributed by atoms with E-state index in [1.807, 2.05) is 0 Å². The van der Waals surface area contributed by atoms with E-state index >= 15 is 0 Å². The predicted octanol–water partition coefficient (Wildman–Crippen LogP) is 1.57. The van der Waals surface area contributed by atoms with E-state index in [-0.39, 0.29) is 41.1 Å². The molecule has 4 atom stereocenters. The number of carbonyl (C=O) groups is 2. The van der Waals surface area contributed by atoms with Crippen molar-refractivity contribution in [3.8, 4) is 0 Å². The summed E-state index contributed by atoms with van der Waals surface area (Å²) in [6.45, 7) is 13.0. The summed E-state index contributed by atoms with van der Waals surface area (Å²) in [5, 5.41) is 2.86. The van der Waals surface area contributed by atoms with Gasteiger partial charge in [-0.15, -0.1) is 0 Å². The molecule has 0 aliphatic carbocycles. The molecule has 21 heavy (non-hydrogen) atoms. The number of methoxy groups -OCH3 is 1. The molecule has 1 aliphatic rings. The smallest absolute Gasteiger partial charge is 0.310 e. The Bertz CT molecular complexity index is 392. The van der Waals surface area contributed by atoms with Gasteiger partial charge in [-0.2, -0.15) is 0 Å². The maximum Gasteiger partial charge on any atom is 0.310 e. The van der Waals surface area contributed by atoms with Crippen LogP contribution in [0.15, 0.2) is 0 Å². The highest BCUT2D eigenvalue weighted by atomic mass is 28.3. The zero-order valence-corrected chi connectivity index (χ0v) is 15.4. The van der Waals surface area contributed by atoms with Crippen molar-refractivity contribution in [2.24, 2.45) is 23.2 Å². The largest absolute Gasteiger partial charge is 0.469 e. The van der Waals surface area contributed by atoms with Crippen LogP contribution in [-0.2, 0) is 18.8 Å². The summed E-state index contributed by atoms with van der Waals surface area (Å²) in [4.78, 5) is 23.8. The third-order valence-electron chi connectivity index (χ3n) is 4.27. The minimum Gasteiger partial charge on any atom is -0.469 e. The van der Waals surface area contributed by atoms with Gasteiger partial charge in [-0.3, -0.25) is 9.59 Å². The van der Waals surface area contributed by atoms with Gasteiger partial charge in [-0.05, 0) is 31.4 Å². The maximum absolute atomic E-state index is 12.1. The van der Waals surface area contributed by atoms with Gasteiger partial charge >= 0.3 is 5.97 Å². The number of hydrogen-bond acceptors (Lipinski definition) is 4. The van der Waals surface area contributed by atoms with E-state index in [4.69, 9.17) is 9.16 Å². The zero-order valence-electron chi connectivity index (χ0n) is 14.2. The normalized spacial score (nSPS) is 25.0. The molecule has 0 saturated carbocycles. The zero-order chi connectivity index (χ0) is 16.4. The molecule has 0 spiro atoms. The van der Waals surface area contributed by atoms with Crippen molar-refractivity contribution in [1.82, 2.24) is 5.32 Å². The van der Waals surface area contributed by atoms with E-state index in [1.54, 1.807) is 6.92 Å². The summed E-state index contributed by atoms with van der Waals surface area (Å²) in [6, 6.07) is -0.161. The van der Waals surface area contributed by atoms with Crippen LogP contribution in [0.3, 0.4) is 0 Å². The fourth-order valence-corrected chi connectivity index (χ4v) is 3.40. The predicted molar refractivity (Wildman–Crippen MR) is 84.4 cm³/mol. The van der Waals surface area contributed by atoms with Crippen LogP contribution >= 0.6 is 0 Å². The molecule has 0 aromatic carbocycles. The summed E-state index contributed by atoms with van der Waals surface area (Å²) in [5.41, 5.74) is -0.0557. The highest BCUT2D eigenvalue weighted by Gasteiger charge is 2.51. The molecule has 4 unspecified atom stereocenters. The number of hydrogen-bond donors (Lipinski definition) is 1. The Morgan fingerprint density at radius 2 is 1.95 bits per heavy atom. The first-order valence-corrected chi connectivity index (χ1v) is 10.4. The monoisotopic (exact) mass is 315 g/mol. The lowest BCUT2D eigenvalue weighted by Crippen LogP contribution is -2.66. The first-order valence-electron chi connectivity index (χ1n) is 7.59. The summed E-state index contributed by atoms with van der Waals surface area (Å²) in [6.07, 6.45) is 0. The molecule has 0 aromatic rings. The molecule has 0 radical (unpaired) electrons. The fraction of sp³-hybridized carbons (Fsp3) is 0.867. The van der Waals surface area contributed by atoms with Crippen LogP contribution in [0.4, 0.5) is 0 Å². The van der Waals surface area contributed by atoms with Gasteiger partial charge in [0.25, 0.3) is 0 Å². The Balaban J connectivity index is 2.89. The van der Waals surface area contributed by atoms with Crippen LogP contribution in [-0.4, -0.2) is 40.7 Å². The Morgan fingerprint density at radius 1 is 1.38 bits per heavy atom. The number of ether oxygens (including phenoxy) is 1. The Labute approximate surface area is 129 Å². The molecule has 1 rings (SSSR count). The average molecular weight is 315 g/mol. The first-order chi connectivity index (χ1) is 9.59. The van der Waals surface area contributed by atoms with E-state index in [1.165, 1.54) is 7.11 Å². The molecule has 0 bridgehead atoms. The lowest BCUT2D eigenvalue weighted by molar-refractivity contribution is -0.155. The standard InChI is InChI=1S/C15H29NO4Si/c1-9(14(18)19-5)12-11(13(17)16-12)10(15(2,3)4)8-20-21(6)7/h9-12,21H,8H2,1-7H3,(H,16,17). The van der Waals surface area contributed by atoms with E-state index < -0.39 is 9.04 Å². The molecular formula is C15H29NO4Si. The van der Waals surface area contributed by atoms with Crippen molar-refractivity contribution >= 4 is 20.9 Å². The van der Waals surface area contributed by atoms with Crippen molar-refractivity contribution in [1.29, 1.82) is 0 Å². The second-order valence-corrected chi connectivity index (χ2v) is 9.66. The van der Waals surface area contributed by atoms with E-state index in [9.17, 15) is 9.59 Å². The van der Waals surface area contributed by atoms with Gasteiger partial charge in [0.1, 0.15) is 0 Å². The van der Waals surface area contributed by atoms with E-state index in [2.05, 4.69) is 39.2 Å². The first kappa shape index (κ1) is 18.2. The van der Waals surface area contributed by atoms with E-state index in [0.29, 0.717) is 6.61 Å². The Kier molecular flexibility index (Phi) is 5.98. The molecule has 1 amide bonds. The van der Waals surface area contributed by atoms with E-state index in [0.717, 1.165) is 0 Å². The summed E-state index contributed by atoms with van der Waals surface area (Å²) in [7, 11) is 0.237. The van der Waals surface area contributed by atoms with Crippen LogP contribution in [0, 0.1) is 23.2 Å². The van der Waals surface area contributed by atoms with Crippen molar-refractivity contribution in [2.45, 2.75) is 46.8 Å². The highest BCUT2D eigenvalue weighted by molar-refractivity contribution is 6.48. The molecule has 1 N–H and O–H groups in total. The second kappa shape index (κ2) is 6.92. The average Bonchev–Trinajstić information content (AvgIpc) is 2.36. The van der Waals surface area contributed by atoms with Crippen molar-refractivity contribution < 1.29 is 18.8 Å². The van der Waals surface area contributed by atoms with Gasteiger partial charge in [0.15, 0.2) is 9.04 Å². The SMILES string of the molecule is COC(=O)C(C)C1NC(=O)C1C(CO[SiH](C)C)C(C)(C)C. The van der Waals surface area contributed by atoms with Crippen molar-refractivity contribution in [3.05, 3.63) is 0 Å². The molecule has 1 heterocycles. The van der Waals surface area contributed by atoms with Crippen LogP contribution in [0.25, 0.3) is 0 Å². The summed E-state index contributed by atoms with van der Waals surface area (Å²) in [5.74, 6) is -0.689. The van der Waals surface area contributed by atoms with Gasteiger partial charge in [-0.1, -0.05) is 20.8 Å². The quantitative estimate of drug-likeness (QED) is 0.459. The minimum atomic E-state index is -1.14. The third kappa shape index (κ3) is 4.29. The van der Waals surface area contributed by atoms with Crippen LogP contribution in [0.1, 0.15) is 27.7 Å². The molecule has 1 fully saturated rings. The summed E-state index contributed by atoms with van der Waals surface area (Å²) >= 11 is 0. The number of β-lactam (4-membered cyclic amide) rings is 1. The molecule has 6 heteroatoms. The molecule has 5 nitrogen and oxygen atoms in total. The number of nitrogens with one attached hydrogen (secondary N) is 1. The maximum atomic E-state index is 12.1. The van der Waals surface area contributed by atoms with Crippen molar-refractivity contribution in [2.75, 3.05) is 13.7 Å². The third-order valence-corrected chi connectivity index (χ3v) is 5.12. The summed E-state index contributed by atoms with van der Waals surface area (Å²) < 4.78 is 10.7. The van der Waals surface area contributed by atoms with Gasteiger partial charge in [-0.25, -0.2) is 0 Å². The minimum absolute atomic E-state index is 0.0182. The van der Waals surface area contributed by atoms with Gasteiger partial charge in [0.2, 0.25) is 5.91 Å². The van der Waals surface area contributed by atoms with Crippen molar-refractivity contribution in [3.63, 3.8) is 0 Å². The van der Waals surface area contributed by atoms with Crippen LogP contribution in [0.5, 0.6) is 0 Å². The highest BCUT2D eigenvalue weighted by Crippen LogP contribution is 2.40. The van der Waals surface area contributed by atoms with Crippen LogP contribution in [0.2, 0.25) is 13.1 Å². The Morgan fingerprint density at radius 3 is 2.33 bits per heavy atom. The molecule has 122 valence electrons. The van der Waals surface area contributed by atoms with Gasteiger partial charge in [0.05, 0.1) is 25.0 Å². The molecule has 1 saturated heterocycles. The van der Waals surface area contributed by atoms with Crippen LogP contribution < -0.4 is 5.32 Å². The number of esters is 1. The number of amides is 1. The number of rotatable bonds is 6. The Hall–Kier alpha value is -0.883.